The monoisotopic (exact) mass is 510 g/mol. The molecule has 1 heterocycles. The van der Waals surface area contributed by atoms with Crippen LogP contribution in [0.15, 0.2) is 69.1 Å². The third kappa shape index (κ3) is 5.33. The highest BCUT2D eigenvalue weighted by Gasteiger charge is 2.22. The molecule has 166 valence electrons. The first-order chi connectivity index (χ1) is 15.1. The number of carbonyl (C=O) groups excluding carboxylic acids is 1. The average Bonchev–Trinajstić information content (AvgIpc) is 3.26. The van der Waals surface area contributed by atoms with E-state index >= 15 is 0 Å². The lowest BCUT2D eigenvalue weighted by atomic mass is 10.2. The SMILES string of the molecule is COC(=O)/C(N)=C(\Cl)C(=Nc1ccccc1Cl)c1nsc(-c2cccc(S(C)(=O)=O)c2)n1. The van der Waals surface area contributed by atoms with Crippen LogP contribution in [0.5, 0.6) is 0 Å². The van der Waals surface area contributed by atoms with Crippen molar-refractivity contribution in [2.24, 2.45) is 10.7 Å². The molecule has 0 spiro atoms. The van der Waals surface area contributed by atoms with Gasteiger partial charge in [0.1, 0.15) is 21.4 Å². The summed E-state index contributed by atoms with van der Waals surface area (Å²) < 4.78 is 32.7. The third-order valence-corrected chi connectivity index (χ3v) is 6.66. The van der Waals surface area contributed by atoms with E-state index in [-0.39, 0.29) is 27.2 Å². The fourth-order valence-electron chi connectivity index (χ4n) is 2.48. The molecule has 32 heavy (non-hydrogen) atoms. The molecule has 2 aromatic carbocycles. The number of methoxy groups -OCH3 is 1. The van der Waals surface area contributed by atoms with E-state index in [0.717, 1.165) is 24.9 Å². The first-order valence-electron chi connectivity index (χ1n) is 8.83. The molecule has 0 unspecified atom stereocenters. The minimum atomic E-state index is -3.40. The van der Waals surface area contributed by atoms with Gasteiger partial charge in [-0.2, -0.15) is 4.37 Å². The summed E-state index contributed by atoms with van der Waals surface area (Å²) in [6.45, 7) is 0. The third-order valence-electron chi connectivity index (χ3n) is 4.08. The van der Waals surface area contributed by atoms with Crippen molar-refractivity contribution in [1.82, 2.24) is 9.36 Å². The van der Waals surface area contributed by atoms with Gasteiger partial charge in [-0.25, -0.2) is 23.2 Å². The topological polar surface area (TPSA) is 125 Å². The molecule has 0 saturated carbocycles. The molecule has 3 aromatic rings. The van der Waals surface area contributed by atoms with Gasteiger partial charge in [0, 0.05) is 11.8 Å². The van der Waals surface area contributed by atoms with Crippen molar-refractivity contribution < 1.29 is 17.9 Å². The Hall–Kier alpha value is -2.79. The first kappa shape index (κ1) is 23.9. The number of nitrogens with two attached hydrogens (primary N) is 1. The predicted octanol–water partition coefficient (Wildman–Crippen LogP) is 3.96. The van der Waals surface area contributed by atoms with Gasteiger partial charge >= 0.3 is 5.97 Å². The zero-order valence-corrected chi connectivity index (χ0v) is 19.9. The zero-order valence-electron chi connectivity index (χ0n) is 16.7. The molecule has 3 rings (SSSR count). The largest absolute Gasteiger partial charge is 0.464 e. The lowest BCUT2D eigenvalue weighted by Gasteiger charge is -2.06. The molecular weight excluding hydrogens is 495 g/mol. The number of sulfone groups is 1. The number of esters is 1. The molecule has 0 radical (unpaired) electrons. The number of halogens is 2. The Bertz CT molecular complexity index is 1350. The molecule has 0 saturated heterocycles. The number of ether oxygens (including phenoxy) is 1. The van der Waals surface area contributed by atoms with Gasteiger partial charge in [-0.05, 0) is 35.8 Å². The van der Waals surface area contributed by atoms with Crippen LogP contribution in [0.1, 0.15) is 5.82 Å². The van der Waals surface area contributed by atoms with Crippen LogP contribution < -0.4 is 5.73 Å². The number of rotatable bonds is 6. The number of nitrogens with zero attached hydrogens (tertiary/aromatic N) is 3. The average molecular weight is 511 g/mol. The summed E-state index contributed by atoms with van der Waals surface area (Å²) in [6.07, 6.45) is 1.12. The molecule has 0 aliphatic carbocycles. The molecule has 0 fully saturated rings. The molecule has 0 aliphatic heterocycles. The standard InChI is InChI=1S/C20H16Cl2N4O4S2/c1-30-20(27)16(23)15(22)17(24-14-9-4-3-8-13(14)21)18-25-19(31-26-18)11-6-5-7-12(10-11)32(2,28)29/h3-10H,23H2,1-2H3/b16-15+,24-17?. The summed E-state index contributed by atoms with van der Waals surface area (Å²) >= 11 is 13.6. The number of hydrogen-bond donors (Lipinski definition) is 1. The first-order valence-corrected chi connectivity index (χ1v) is 12.3. The Morgan fingerprint density at radius 1 is 1.19 bits per heavy atom. The maximum Gasteiger partial charge on any atom is 0.355 e. The van der Waals surface area contributed by atoms with Crippen molar-refractivity contribution >= 4 is 61.9 Å². The van der Waals surface area contributed by atoms with Gasteiger partial charge in [-0.1, -0.05) is 47.5 Å². The Kier molecular flexibility index (Phi) is 7.29. The van der Waals surface area contributed by atoms with Crippen LogP contribution in [-0.2, 0) is 19.4 Å². The van der Waals surface area contributed by atoms with Gasteiger partial charge in [0.15, 0.2) is 15.7 Å². The molecule has 8 nitrogen and oxygen atoms in total. The van der Waals surface area contributed by atoms with Crippen molar-refractivity contribution in [2.75, 3.05) is 13.4 Å². The van der Waals surface area contributed by atoms with E-state index in [9.17, 15) is 13.2 Å². The summed E-state index contributed by atoms with van der Waals surface area (Å²) in [7, 11) is -2.24. The quantitative estimate of drug-likeness (QED) is 0.302. The van der Waals surface area contributed by atoms with Gasteiger partial charge in [0.25, 0.3) is 0 Å². The second kappa shape index (κ2) is 9.78. The highest BCUT2D eigenvalue weighted by atomic mass is 35.5. The summed E-state index contributed by atoms with van der Waals surface area (Å²) in [4.78, 5) is 20.9. The van der Waals surface area contributed by atoms with E-state index in [2.05, 4.69) is 19.1 Å². The van der Waals surface area contributed by atoms with Crippen LogP contribution >= 0.6 is 34.7 Å². The van der Waals surface area contributed by atoms with E-state index in [4.69, 9.17) is 28.9 Å². The van der Waals surface area contributed by atoms with Gasteiger partial charge in [0.05, 0.1) is 22.7 Å². The minimum Gasteiger partial charge on any atom is -0.464 e. The molecule has 1 aromatic heterocycles. The Morgan fingerprint density at radius 2 is 1.91 bits per heavy atom. The molecule has 12 heteroatoms. The molecule has 0 aliphatic rings. The van der Waals surface area contributed by atoms with Gasteiger partial charge in [0.2, 0.25) is 0 Å². The normalized spacial score (nSPS) is 12.9. The lowest BCUT2D eigenvalue weighted by molar-refractivity contribution is -0.136. The van der Waals surface area contributed by atoms with E-state index in [1.807, 2.05) is 0 Å². The second-order valence-electron chi connectivity index (χ2n) is 6.35. The summed E-state index contributed by atoms with van der Waals surface area (Å²) in [5.74, 6) is -0.773. The summed E-state index contributed by atoms with van der Waals surface area (Å²) in [5.41, 5.74) is 6.35. The molecular formula is C20H16Cl2N4O4S2. The predicted molar refractivity (Wildman–Crippen MR) is 125 cm³/mol. The molecule has 2 N–H and O–H groups in total. The van der Waals surface area contributed by atoms with Crippen LogP contribution in [0, 0.1) is 0 Å². The van der Waals surface area contributed by atoms with Crippen molar-refractivity contribution in [2.45, 2.75) is 4.90 Å². The molecule has 0 atom stereocenters. The lowest BCUT2D eigenvalue weighted by Crippen LogP contribution is -2.18. The Balaban J connectivity index is 2.15. The number of aliphatic imine (C=N–C) groups is 1. The van der Waals surface area contributed by atoms with E-state index < -0.39 is 15.8 Å². The van der Waals surface area contributed by atoms with Crippen molar-refractivity contribution in [1.29, 1.82) is 0 Å². The number of para-hydroxylation sites is 1. The number of carbonyl (C=O) groups is 1. The van der Waals surface area contributed by atoms with Crippen LogP contribution in [0.25, 0.3) is 10.6 Å². The minimum absolute atomic E-state index is 0.00411. The van der Waals surface area contributed by atoms with Crippen molar-refractivity contribution in [3.8, 4) is 10.6 Å². The second-order valence-corrected chi connectivity index (χ2v) is 9.91. The van der Waals surface area contributed by atoms with E-state index in [1.54, 1.807) is 36.4 Å². The van der Waals surface area contributed by atoms with Crippen molar-refractivity contribution in [3.05, 3.63) is 70.1 Å². The van der Waals surface area contributed by atoms with E-state index in [0.29, 0.717) is 21.3 Å². The highest BCUT2D eigenvalue weighted by molar-refractivity contribution is 7.90. The Labute approximate surface area is 198 Å². The summed E-state index contributed by atoms with van der Waals surface area (Å²) in [6, 6.07) is 13.0. The van der Waals surface area contributed by atoms with Gasteiger partial charge < -0.3 is 10.5 Å². The molecule has 0 amide bonds. The van der Waals surface area contributed by atoms with E-state index in [1.165, 1.54) is 12.1 Å². The van der Waals surface area contributed by atoms with Crippen LogP contribution in [0.2, 0.25) is 5.02 Å². The zero-order chi connectivity index (χ0) is 23.5. The maximum absolute atomic E-state index is 11.9. The fourth-order valence-corrected chi connectivity index (χ4v) is 4.19. The van der Waals surface area contributed by atoms with Crippen molar-refractivity contribution in [3.63, 3.8) is 0 Å². The smallest absolute Gasteiger partial charge is 0.355 e. The molecule has 0 bridgehead atoms. The highest BCUT2D eigenvalue weighted by Crippen LogP contribution is 2.29. The van der Waals surface area contributed by atoms with Gasteiger partial charge in [-0.3, -0.25) is 0 Å². The fraction of sp³-hybridized carbons (Fsp3) is 0.100. The maximum atomic E-state index is 11.9. The number of allylic oxidation sites excluding steroid dienone is 1. The van der Waals surface area contributed by atoms with Crippen LogP contribution in [0.3, 0.4) is 0 Å². The Morgan fingerprint density at radius 3 is 2.56 bits per heavy atom. The van der Waals surface area contributed by atoms with Crippen LogP contribution in [0.4, 0.5) is 5.69 Å². The van der Waals surface area contributed by atoms with Gasteiger partial charge in [-0.15, -0.1) is 0 Å². The number of hydrogen-bond acceptors (Lipinski definition) is 9. The number of aromatic nitrogens is 2. The summed E-state index contributed by atoms with van der Waals surface area (Å²) in [5, 5.41) is 0.534. The van der Waals surface area contributed by atoms with Crippen LogP contribution in [-0.4, -0.2) is 42.8 Å². The number of benzene rings is 2.